The molecule has 1 unspecified atom stereocenters. The molecule has 47 heavy (non-hydrogen) atoms. The van der Waals surface area contributed by atoms with Crippen LogP contribution in [0.15, 0.2) is 48.5 Å². The molecule has 1 N–H and O–H groups in total. The van der Waals surface area contributed by atoms with E-state index < -0.39 is 95.0 Å². The number of urea groups is 1. The molecular formula is C29H25F15N2O. The van der Waals surface area contributed by atoms with Gasteiger partial charge in [-0.05, 0) is 48.4 Å². The minimum atomic E-state index is -7.25. The number of hydrogen-bond acceptors (Lipinski definition) is 1. The first kappa shape index (κ1) is 36.5. The van der Waals surface area contributed by atoms with Crippen LogP contribution in [0, 0.1) is 5.41 Å². The Morgan fingerprint density at radius 1 is 0.702 bits per heavy atom. The monoisotopic (exact) mass is 702 g/mol. The van der Waals surface area contributed by atoms with Crippen molar-refractivity contribution in [3.05, 3.63) is 65.2 Å². The zero-order chi connectivity index (χ0) is 35.5. The molecule has 18 heteroatoms. The van der Waals surface area contributed by atoms with Crippen LogP contribution < -0.4 is 5.32 Å². The van der Waals surface area contributed by atoms with Gasteiger partial charge in [0.1, 0.15) is 0 Å². The van der Waals surface area contributed by atoms with Gasteiger partial charge in [-0.3, -0.25) is 0 Å². The van der Waals surface area contributed by atoms with Gasteiger partial charge in [-0.1, -0.05) is 49.6 Å². The van der Waals surface area contributed by atoms with E-state index >= 15 is 8.78 Å². The largest absolute Gasteiger partial charge is 0.460 e. The van der Waals surface area contributed by atoms with Crippen LogP contribution in [0.25, 0.3) is 0 Å². The standard InChI is InChI=1S/C29H25F15N2O/c30-24(31,27(38,39)28(40,41)29(42,43)44)15-23(17-7-3-1-4-8-17)14-22(9-5-2-6-10-22)16-46(23)21(47)45-20-12-18(25(32,33)34)11-19(13-20)26(35,36)37/h1,3-4,7-8,11-13H,2,5-6,9-10,14-16H2,(H,45,47). The summed E-state index contributed by atoms with van der Waals surface area (Å²) in [4.78, 5) is 14.1. The Labute approximate surface area is 257 Å². The van der Waals surface area contributed by atoms with Crippen molar-refractivity contribution in [3.63, 3.8) is 0 Å². The fourth-order valence-electron chi connectivity index (χ4n) is 6.53. The van der Waals surface area contributed by atoms with E-state index in [4.69, 9.17) is 0 Å². The van der Waals surface area contributed by atoms with E-state index in [9.17, 15) is 61.9 Å². The first-order valence-electron chi connectivity index (χ1n) is 13.9. The molecule has 4 rings (SSSR count). The minimum absolute atomic E-state index is 0.0937. The molecule has 0 bridgehead atoms. The highest BCUT2D eigenvalue weighted by molar-refractivity contribution is 5.90. The minimum Gasteiger partial charge on any atom is -0.314 e. The van der Waals surface area contributed by atoms with Crippen LogP contribution in [0.5, 0.6) is 0 Å². The number of halogens is 15. The number of nitrogens with one attached hydrogen (secondary N) is 1. The Morgan fingerprint density at radius 2 is 1.21 bits per heavy atom. The average molecular weight is 703 g/mol. The van der Waals surface area contributed by atoms with Gasteiger partial charge >= 0.3 is 42.3 Å². The maximum Gasteiger partial charge on any atom is 0.460 e. The summed E-state index contributed by atoms with van der Waals surface area (Å²) in [7, 11) is 0. The lowest BCUT2D eigenvalue weighted by molar-refractivity contribution is -0.399. The lowest BCUT2D eigenvalue weighted by Crippen LogP contribution is -2.63. The third-order valence-electron chi connectivity index (χ3n) is 8.71. The molecule has 3 nitrogen and oxygen atoms in total. The molecule has 2 fully saturated rings. The van der Waals surface area contributed by atoms with E-state index in [2.05, 4.69) is 0 Å². The number of amides is 2. The number of anilines is 1. The van der Waals surface area contributed by atoms with Gasteiger partial charge in [0.25, 0.3) is 0 Å². The molecule has 262 valence electrons. The Morgan fingerprint density at radius 3 is 1.68 bits per heavy atom. The summed E-state index contributed by atoms with van der Waals surface area (Å²) in [6, 6.07) is 3.93. The summed E-state index contributed by atoms with van der Waals surface area (Å²) >= 11 is 0. The predicted molar refractivity (Wildman–Crippen MR) is 136 cm³/mol. The predicted octanol–water partition coefficient (Wildman–Crippen LogP) is 10.7. The molecule has 1 saturated carbocycles. The Kier molecular flexibility index (Phi) is 9.06. The Balaban J connectivity index is 1.89. The molecule has 1 atom stereocenters. The second-order valence-corrected chi connectivity index (χ2v) is 12.0. The van der Waals surface area contributed by atoms with Crippen LogP contribution in [0.3, 0.4) is 0 Å². The van der Waals surface area contributed by atoms with Gasteiger partial charge in [0.15, 0.2) is 0 Å². The normalized spacial score (nSPS) is 21.3. The third kappa shape index (κ3) is 6.69. The fourth-order valence-corrected chi connectivity index (χ4v) is 6.53. The van der Waals surface area contributed by atoms with E-state index in [1.54, 1.807) is 5.32 Å². The van der Waals surface area contributed by atoms with Gasteiger partial charge in [0.2, 0.25) is 0 Å². The zero-order valence-electron chi connectivity index (χ0n) is 23.8. The van der Waals surface area contributed by atoms with E-state index in [-0.39, 0.29) is 31.0 Å². The van der Waals surface area contributed by atoms with Crippen LogP contribution in [0.1, 0.15) is 61.6 Å². The highest BCUT2D eigenvalue weighted by atomic mass is 19.4. The van der Waals surface area contributed by atoms with Crippen LogP contribution in [0.2, 0.25) is 0 Å². The van der Waals surface area contributed by atoms with Crippen LogP contribution in [-0.4, -0.2) is 41.4 Å². The quantitative estimate of drug-likeness (QED) is 0.299. The molecule has 1 saturated heterocycles. The van der Waals surface area contributed by atoms with Gasteiger partial charge in [0.05, 0.1) is 16.7 Å². The summed E-state index contributed by atoms with van der Waals surface area (Å²) in [5, 5.41) is 1.76. The van der Waals surface area contributed by atoms with Crippen LogP contribution in [-0.2, 0) is 17.9 Å². The lowest BCUT2D eigenvalue weighted by atomic mass is 9.68. The molecule has 1 aliphatic heterocycles. The highest BCUT2D eigenvalue weighted by Gasteiger charge is 2.82. The summed E-state index contributed by atoms with van der Waals surface area (Å²) in [6.45, 7) is -0.615. The van der Waals surface area contributed by atoms with Crippen molar-refractivity contribution in [1.29, 1.82) is 0 Å². The van der Waals surface area contributed by atoms with Crippen molar-refractivity contribution in [3.8, 4) is 0 Å². The summed E-state index contributed by atoms with van der Waals surface area (Å²) in [5.74, 6) is -20.5. The smallest absolute Gasteiger partial charge is 0.314 e. The van der Waals surface area contributed by atoms with E-state index in [1.165, 1.54) is 18.2 Å². The number of benzene rings is 2. The number of likely N-dealkylation sites (tertiary alicyclic amines) is 1. The average Bonchev–Trinajstić information content (AvgIpc) is 3.25. The Bertz CT molecular complexity index is 1410. The Hall–Kier alpha value is -3.34. The summed E-state index contributed by atoms with van der Waals surface area (Å²) < 4.78 is 208. The molecule has 2 aliphatic rings. The number of nitrogens with zero attached hydrogens (tertiary/aromatic N) is 1. The second-order valence-electron chi connectivity index (χ2n) is 12.0. The molecule has 2 aromatic rings. The van der Waals surface area contributed by atoms with Crippen molar-refractivity contribution < 1.29 is 70.7 Å². The van der Waals surface area contributed by atoms with E-state index in [0.29, 0.717) is 24.2 Å². The first-order chi connectivity index (χ1) is 21.3. The summed E-state index contributed by atoms with van der Waals surface area (Å²) in [6.07, 6.45) is -19.3. The topological polar surface area (TPSA) is 32.3 Å². The van der Waals surface area contributed by atoms with E-state index in [0.717, 1.165) is 12.1 Å². The molecule has 1 spiro atoms. The second kappa shape index (κ2) is 11.7. The molecule has 1 heterocycles. The molecule has 2 aromatic carbocycles. The number of hydrogen-bond donors (Lipinski definition) is 1. The number of carbonyl (C=O) groups excluding carboxylic acids is 1. The van der Waals surface area contributed by atoms with Crippen molar-refractivity contribution in [2.75, 3.05) is 11.9 Å². The number of alkyl halides is 15. The molecule has 2 amide bonds. The molecule has 0 aromatic heterocycles. The molecular weight excluding hydrogens is 677 g/mol. The fraction of sp³-hybridized carbons (Fsp3) is 0.552. The van der Waals surface area contributed by atoms with Gasteiger partial charge < -0.3 is 10.2 Å². The maximum absolute atomic E-state index is 15.5. The lowest BCUT2D eigenvalue weighted by Gasteiger charge is -2.44. The maximum atomic E-state index is 15.5. The summed E-state index contributed by atoms with van der Waals surface area (Å²) in [5.41, 5.74) is -9.28. The SMILES string of the molecule is O=C(Nc1cc(C(F)(F)F)cc(C(F)(F)F)c1)N1CC2(CCCCC2)CC1(CC(F)(F)C(F)(F)C(F)(F)C(F)(F)F)c1ccccc1. The van der Waals surface area contributed by atoms with Crippen molar-refractivity contribution in [2.24, 2.45) is 5.41 Å². The van der Waals surface area contributed by atoms with Crippen LogP contribution in [0.4, 0.5) is 76.3 Å². The molecule has 0 radical (unpaired) electrons. The van der Waals surface area contributed by atoms with E-state index in [1.807, 2.05) is 0 Å². The highest BCUT2D eigenvalue weighted by Crippen LogP contribution is 2.61. The number of carbonyl (C=O) groups is 1. The zero-order valence-corrected chi connectivity index (χ0v) is 23.8. The van der Waals surface area contributed by atoms with Crippen LogP contribution >= 0.6 is 0 Å². The van der Waals surface area contributed by atoms with Gasteiger partial charge in [-0.25, -0.2) is 4.79 Å². The third-order valence-corrected chi connectivity index (χ3v) is 8.71. The van der Waals surface area contributed by atoms with Crippen molar-refractivity contribution >= 4 is 11.7 Å². The molecule has 1 aliphatic carbocycles. The van der Waals surface area contributed by atoms with Crippen molar-refractivity contribution in [1.82, 2.24) is 4.90 Å². The van der Waals surface area contributed by atoms with Crippen molar-refractivity contribution in [2.45, 2.75) is 86.8 Å². The first-order valence-corrected chi connectivity index (χ1v) is 13.9. The van der Waals surface area contributed by atoms with Gasteiger partial charge in [-0.2, -0.15) is 65.9 Å². The number of rotatable bonds is 6. The van der Waals surface area contributed by atoms with Gasteiger partial charge in [-0.15, -0.1) is 0 Å². The van der Waals surface area contributed by atoms with Gasteiger partial charge in [0, 0.05) is 18.7 Å².